The molecule has 0 aromatic heterocycles. The number of hydrogen-bond acceptors (Lipinski definition) is 6. The normalized spacial score (nSPS) is 15.7. The highest BCUT2D eigenvalue weighted by atomic mass is 16.3. The van der Waals surface area contributed by atoms with Gasteiger partial charge in [0.15, 0.2) is 0 Å². The average Bonchev–Trinajstić information content (AvgIpc) is 3.00. The summed E-state index contributed by atoms with van der Waals surface area (Å²) in [6.45, 7) is 4.83. The third kappa shape index (κ3) is 8.21. The van der Waals surface area contributed by atoms with E-state index in [-0.39, 0.29) is 36.4 Å². The lowest BCUT2D eigenvalue weighted by Gasteiger charge is -2.38. The predicted molar refractivity (Wildman–Crippen MR) is 167 cm³/mol. The van der Waals surface area contributed by atoms with E-state index in [2.05, 4.69) is 10.6 Å². The van der Waals surface area contributed by atoms with Gasteiger partial charge in [0.25, 0.3) is 0 Å². The lowest BCUT2D eigenvalue weighted by Crippen LogP contribution is -2.59. The number of amides is 3. The van der Waals surface area contributed by atoms with Crippen LogP contribution in [0.3, 0.4) is 0 Å². The number of hydrogen-bond donors (Lipinski definition) is 5. The molecule has 9 heteroatoms. The van der Waals surface area contributed by atoms with Crippen molar-refractivity contribution in [2.75, 3.05) is 6.54 Å². The third-order valence-electron chi connectivity index (χ3n) is 8.15. The highest BCUT2D eigenvalue weighted by Gasteiger charge is 2.38. The number of carbonyl (C=O) groups excluding carboxylic acids is 3. The Morgan fingerprint density at radius 1 is 0.977 bits per heavy atom. The number of nitrogens with one attached hydrogen (secondary N) is 2. The van der Waals surface area contributed by atoms with Crippen LogP contribution in [0.1, 0.15) is 52.6 Å². The number of nitrogens with two attached hydrogens (primary N) is 2. The van der Waals surface area contributed by atoms with Gasteiger partial charge in [-0.3, -0.25) is 14.4 Å². The number of carbonyl (C=O) groups is 3. The minimum atomic E-state index is -0.892. The first kappa shape index (κ1) is 31.7. The lowest BCUT2D eigenvalue weighted by molar-refractivity contribution is -0.143. The van der Waals surface area contributed by atoms with Crippen LogP contribution in [0.4, 0.5) is 0 Å². The summed E-state index contributed by atoms with van der Waals surface area (Å²) in [6, 6.07) is 18.1. The molecule has 1 aliphatic rings. The summed E-state index contributed by atoms with van der Waals surface area (Å²) in [4.78, 5) is 42.6. The summed E-state index contributed by atoms with van der Waals surface area (Å²) >= 11 is 0. The molecule has 0 spiro atoms. The summed E-state index contributed by atoms with van der Waals surface area (Å²) in [7, 11) is 0. The number of fused-ring (bicyclic) bond motifs is 1. The van der Waals surface area contributed by atoms with Gasteiger partial charge < -0.3 is 32.1 Å². The molecule has 0 bridgehead atoms. The maximum Gasteiger partial charge on any atom is 0.243 e. The Hall–Kier alpha value is -4.21. The van der Waals surface area contributed by atoms with Gasteiger partial charge in [0, 0.05) is 19.5 Å². The summed E-state index contributed by atoms with van der Waals surface area (Å²) in [6.07, 6.45) is 2.42. The Morgan fingerprint density at radius 3 is 2.30 bits per heavy atom. The number of phenols is 1. The fraction of sp³-hybridized carbons (Fsp3) is 0.382. The number of unbranched alkanes of at least 4 members (excludes halogenated alkanes) is 1. The second-order valence-corrected chi connectivity index (χ2v) is 11.4. The Kier molecular flexibility index (Phi) is 10.9. The van der Waals surface area contributed by atoms with Crippen LogP contribution in [0.2, 0.25) is 0 Å². The molecular weight excluding hydrogens is 542 g/mol. The van der Waals surface area contributed by atoms with Crippen LogP contribution in [-0.2, 0) is 40.3 Å². The van der Waals surface area contributed by atoms with E-state index in [0.29, 0.717) is 32.4 Å². The lowest BCUT2D eigenvalue weighted by atomic mass is 9.91. The molecule has 0 aliphatic carbocycles. The van der Waals surface area contributed by atoms with E-state index in [0.717, 1.165) is 39.8 Å². The van der Waals surface area contributed by atoms with Crippen molar-refractivity contribution in [3.63, 3.8) is 0 Å². The molecule has 7 N–H and O–H groups in total. The van der Waals surface area contributed by atoms with Gasteiger partial charge >= 0.3 is 0 Å². The van der Waals surface area contributed by atoms with Gasteiger partial charge in [0.2, 0.25) is 17.7 Å². The first-order valence-electron chi connectivity index (χ1n) is 14.9. The topological polar surface area (TPSA) is 151 Å². The molecule has 3 aromatic carbocycles. The molecule has 3 aromatic rings. The highest BCUT2D eigenvalue weighted by molar-refractivity contribution is 5.93. The Morgan fingerprint density at radius 2 is 1.63 bits per heavy atom. The largest absolute Gasteiger partial charge is 0.508 e. The molecule has 0 fully saturated rings. The molecule has 0 radical (unpaired) electrons. The van der Waals surface area contributed by atoms with Crippen molar-refractivity contribution >= 4 is 17.7 Å². The molecule has 3 atom stereocenters. The Bertz CT molecular complexity index is 1400. The van der Waals surface area contributed by atoms with E-state index in [4.69, 9.17) is 11.5 Å². The van der Waals surface area contributed by atoms with Crippen LogP contribution in [0.5, 0.6) is 5.75 Å². The molecule has 2 unspecified atom stereocenters. The van der Waals surface area contributed by atoms with Gasteiger partial charge in [0.1, 0.15) is 17.8 Å². The van der Waals surface area contributed by atoms with Crippen molar-refractivity contribution in [3.05, 3.63) is 100 Å². The highest BCUT2D eigenvalue weighted by Crippen LogP contribution is 2.26. The van der Waals surface area contributed by atoms with E-state index >= 15 is 0 Å². The second kappa shape index (κ2) is 14.8. The molecular formula is C34H43N5O4. The van der Waals surface area contributed by atoms with E-state index in [9.17, 15) is 19.5 Å². The quantitative estimate of drug-likeness (QED) is 0.206. The minimum absolute atomic E-state index is 0.164. The van der Waals surface area contributed by atoms with Crippen LogP contribution in [0, 0.1) is 13.8 Å². The average molecular weight is 586 g/mol. The first-order valence-corrected chi connectivity index (χ1v) is 14.9. The smallest absolute Gasteiger partial charge is 0.243 e. The van der Waals surface area contributed by atoms with Gasteiger partial charge in [-0.15, -0.1) is 0 Å². The van der Waals surface area contributed by atoms with Crippen LogP contribution in [0.15, 0.2) is 66.7 Å². The van der Waals surface area contributed by atoms with Crippen molar-refractivity contribution in [2.24, 2.45) is 11.5 Å². The predicted octanol–water partition coefficient (Wildman–Crippen LogP) is 2.76. The van der Waals surface area contributed by atoms with Gasteiger partial charge in [-0.1, -0.05) is 54.6 Å². The molecule has 1 heterocycles. The zero-order valence-corrected chi connectivity index (χ0v) is 25.0. The standard InChI is InChI=1S/C34H43N5O4/c1-22-16-27(40)17-23(2)28(22)19-29(36)34(43)39-21-26-13-7-6-12-25(26)18-31(39)33(42)38-30(14-8-9-15-35)32(41)37-20-24-10-4-3-5-11-24/h3-7,10-13,16-17,29-31,40H,8-9,14-15,18-21,35-36H2,1-2H3,(H,37,41)(H,38,42)/t29?,30-,31?/m0/s1. The van der Waals surface area contributed by atoms with E-state index in [1.54, 1.807) is 17.0 Å². The van der Waals surface area contributed by atoms with Crippen molar-refractivity contribution in [3.8, 4) is 5.75 Å². The fourth-order valence-electron chi connectivity index (χ4n) is 5.74. The summed E-state index contributed by atoms with van der Waals surface area (Å²) in [5, 5.41) is 15.8. The van der Waals surface area contributed by atoms with Crippen molar-refractivity contribution in [1.82, 2.24) is 15.5 Å². The van der Waals surface area contributed by atoms with Crippen molar-refractivity contribution in [2.45, 2.75) is 77.2 Å². The third-order valence-corrected chi connectivity index (χ3v) is 8.15. The number of benzene rings is 3. The van der Waals surface area contributed by atoms with Crippen LogP contribution >= 0.6 is 0 Å². The van der Waals surface area contributed by atoms with Gasteiger partial charge in [-0.2, -0.15) is 0 Å². The summed E-state index contributed by atoms with van der Waals surface area (Å²) < 4.78 is 0. The van der Waals surface area contributed by atoms with Crippen molar-refractivity contribution < 1.29 is 19.5 Å². The van der Waals surface area contributed by atoms with Crippen LogP contribution in [-0.4, -0.2) is 52.4 Å². The SMILES string of the molecule is Cc1cc(O)cc(C)c1CC(N)C(=O)N1Cc2ccccc2CC1C(=O)N[C@@H](CCCCN)C(=O)NCc1ccccc1. The monoisotopic (exact) mass is 585 g/mol. The molecule has 0 saturated carbocycles. The van der Waals surface area contributed by atoms with E-state index in [1.165, 1.54) is 0 Å². The van der Waals surface area contributed by atoms with Crippen molar-refractivity contribution in [1.29, 1.82) is 0 Å². The van der Waals surface area contributed by atoms with E-state index < -0.39 is 18.1 Å². The number of phenolic OH excluding ortho intramolecular Hbond substituents is 1. The number of rotatable bonds is 12. The maximum absolute atomic E-state index is 13.9. The second-order valence-electron chi connectivity index (χ2n) is 11.4. The molecule has 3 amide bonds. The molecule has 4 rings (SSSR count). The van der Waals surface area contributed by atoms with Gasteiger partial charge in [-0.05, 0) is 91.6 Å². The molecule has 228 valence electrons. The fourth-order valence-corrected chi connectivity index (χ4v) is 5.74. The molecule has 0 saturated heterocycles. The zero-order valence-electron chi connectivity index (χ0n) is 25.0. The zero-order chi connectivity index (χ0) is 30.9. The number of aromatic hydroxyl groups is 1. The summed E-state index contributed by atoms with van der Waals surface area (Å²) in [5.41, 5.74) is 17.7. The number of aryl methyl sites for hydroxylation is 2. The van der Waals surface area contributed by atoms with Crippen LogP contribution in [0.25, 0.3) is 0 Å². The Balaban J connectivity index is 1.53. The molecule has 43 heavy (non-hydrogen) atoms. The molecule has 1 aliphatic heterocycles. The maximum atomic E-state index is 13.9. The minimum Gasteiger partial charge on any atom is -0.508 e. The van der Waals surface area contributed by atoms with E-state index in [1.807, 2.05) is 68.4 Å². The molecule has 9 nitrogen and oxygen atoms in total. The summed E-state index contributed by atoms with van der Waals surface area (Å²) in [5.74, 6) is -0.843. The number of nitrogens with zero attached hydrogens (tertiary/aromatic N) is 1. The first-order chi connectivity index (χ1) is 20.7. The van der Waals surface area contributed by atoms with Crippen LogP contribution < -0.4 is 22.1 Å². The Labute approximate surface area is 253 Å². The van der Waals surface area contributed by atoms with Gasteiger partial charge in [-0.25, -0.2) is 0 Å². The van der Waals surface area contributed by atoms with Gasteiger partial charge in [0.05, 0.1) is 6.04 Å².